The molecular formula is C11H14N4O. The van der Waals surface area contributed by atoms with E-state index in [0.717, 1.165) is 24.1 Å². The zero-order chi connectivity index (χ0) is 11.1. The highest BCUT2D eigenvalue weighted by molar-refractivity contribution is 5.41. The van der Waals surface area contributed by atoms with Gasteiger partial charge in [0.15, 0.2) is 0 Å². The van der Waals surface area contributed by atoms with Gasteiger partial charge in [0.2, 0.25) is 5.88 Å². The summed E-state index contributed by atoms with van der Waals surface area (Å²) in [5.41, 5.74) is 1.83. The largest absolute Gasteiger partial charge is 0.493 e. The van der Waals surface area contributed by atoms with Crippen molar-refractivity contribution in [3.63, 3.8) is 0 Å². The van der Waals surface area contributed by atoms with Crippen LogP contribution in [0, 0.1) is 6.92 Å². The van der Waals surface area contributed by atoms with E-state index in [1.54, 1.807) is 0 Å². The summed E-state index contributed by atoms with van der Waals surface area (Å²) in [6, 6.07) is 0. The highest BCUT2D eigenvalue weighted by atomic mass is 16.3. The minimum atomic E-state index is 0.215. The second kappa shape index (κ2) is 3.43. The predicted molar refractivity (Wildman–Crippen MR) is 58.4 cm³/mol. The van der Waals surface area contributed by atoms with Gasteiger partial charge in [-0.1, -0.05) is 12.8 Å². The third-order valence-corrected chi connectivity index (χ3v) is 3.39. The van der Waals surface area contributed by atoms with E-state index in [0.29, 0.717) is 11.7 Å². The van der Waals surface area contributed by atoms with Gasteiger partial charge in [0, 0.05) is 5.56 Å². The zero-order valence-corrected chi connectivity index (χ0v) is 9.22. The first-order chi connectivity index (χ1) is 7.77. The van der Waals surface area contributed by atoms with Crippen molar-refractivity contribution in [1.82, 2.24) is 19.6 Å². The van der Waals surface area contributed by atoms with Crippen molar-refractivity contribution >= 4 is 5.78 Å². The smallest absolute Gasteiger partial charge is 0.255 e. The van der Waals surface area contributed by atoms with Gasteiger partial charge in [-0.05, 0) is 25.7 Å². The van der Waals surface area contributed by atoms with Crippen molar-refractivity contribution in [3.05, 3.63) is 17.6 Å². The lowest BCUT2D eigenvalue weighted by Gasteiger charge is -2.14. The second-order valence-corrected chi connectivity index (χ2v) is 4.39. The first-order valence-corrected chi connectivity index (χ1v) is 5.66. The molecule has 84 valence electrons. The minimum Gasteiger partial charge on any atom is -0.493 e. The predicted octanol–water partition coefficient (Wildman–Crippen LogP) is 1.80. The number of aryl methyl sites for hydroxylation is 1. The van der Waals surface area contributed by atoms with Crippen LogP contribution in [0.15, 0.2) is 6.33 Å². The van der Waals surface area contributed by atoms with E-state index in [1.165, 1.54) is 23.7 Å². The number of aromatic nitrogens is 4. The van der Waals surface area contributed by atoms with Gasteiger partial charge in [-0.2, -0.15) is 14.6 Å². The molecule has 0 bridgehead atoms. The molecule has 1 saturated carbocycles. The van der Waals surface area contributed by atoms with Gasteiger partial charge >= 0.3 is 0 Å². The molecule has 0 unspecified atom stereocenters. The summed E-state index contributed by atoms with van der Waals surface area (Å²) < 4.78 is 1.42. The molecule has 3 rings (SSSR count). The van der Waals surface area contributed by atoms with Crippen LogP contribution >= 0.6 is 0 Å². The van der Waals surface area contributed by atoms with E-state index in [2.05, 4.69) is 15.1 Å². The summed E-state index contributed by atoms with van der Waals surface area (Å²) in [4.78, 5) is 8.36. The van der Waals surface area contributed by atoms with Crippen LogP contribution in [0.5, 0.6) is 5.88 Å². The number of nitrogens with zero attached hydrogens (tertiary/aromatic N) is 4. The lowest BCUT2D eigenvalue weighted by molar-refractivity contribution is 0.420. The van der Waals surface area contributed by atoms with Crippen LogP contribution in [0.2, 0.25) is 0 Å². The monoisotopic (exact) mass is 218 g/mol. The summed E-state index contributed by atoms with van der Waals surface area (Å²) in [5, 5.41) is 14.2. The highest BCUT2D eigenvalue weighted by Gasteiger charge is 2.24. The molecule has 0 aromatic carbocycles. The van der Waals surface area contributed by atoms with Crippen LogP contribution < -0.4 is 0 Å². The van der Waals surface area contributed by atoms with Gasteiger partial charge in [-0.15, -0.1) is 0 Å². The number of fused-ring (bicyclic) bond motifs is 1. The Bertz CT molecular complexity index is 528. The quantitative estimate of drug-likeness (QED) is 0.792. The second-order valence-electron chi connectivity index (χ2n) is 4.39. The summed E-state index contributed by atoms with van der Waals surface area (Å²) in [6.07, 6.45) is 6.16. The van der Waals surface area contributed by atoms with Crippen molar-refractivity contribution < 1.29 is 5.11 Å². The molecule has 0 aliphatic heterocycles. The molecule has 1 aliphatic rings. The third-order valence-electron chi connectivity index (χ3n) is 3.39. The Hall–Kier alpha value is -1.65. The molecule has 1 fully saturated rings. The Labute approximate surface area is 93.2 Å². The Kier molecular flexibility index (Phi) is 2.05. The number of hydrogen-bond acceptors (Lipinski definition) is 4. The van der Waals surface area contributed by atoms with Gasteiger partial charge in [0.25, 0.3) is 5.78 Å². The Morgan fingerprint density at radius 1 is 1.38 bits per heavy atom. The number of rotatable bonds is 1. The van der Waals surface area contributed by atoms with E-state index in [9.17, 15) is 5.11 Å². The maximum Gasteiger partial charge on any atom is 0.255 e. The van der Waals surface area contributed by atoms with Crippen molar-refractivity contribution in [3.8, 4) is 5.88 Å². The van der Waals surface area contributed by atoms with Crippen LogP contribution in [-0.2, 0) is 0 Å². The summed E-state index contributed by atoms with van der Waals surface area (Å²) in [6.45, 7) is 1.93. The first-order valence-electron chi connectivity index (χ1n) is 5.66. The van der Waals surface area contributed by atoms with E-state index < -0.39 is 0 Å². The summed E-state index contributed by atoms with van der Waals surface area (Å²) in [7, 11) is 0. The van der Waals surface area contributed by atoms with Crippen LogP contribution in [0.3, 0.4) is 0 Å². The summed E-state index contributed by atoms with van der Waals surface area (Å²) in [5.74, 6) is 1.12. The van der Waals surface area contributed by atoms with E-state index in [1.807, 2.05) is 6.92 Å². The molecule has 5 nitrogen and oxygen atoms in total. The van der Waals surface area contributed by atoms with Crippen molar-refractivity contribution in [2.75, 3.05) is 0 Å². The third kappa shape index (κ3) is 1.27. The maximum absolute atomic E-state index is 10.2. The van der Waals surface area contributed by atoms with Crippen LogP contribution in [0.4, 0.5) is 0 Å². The van der Waals surface area contributed by atoms with Crippen LogP contribution in [0.25, 0.3) is 5.78 Å². The van der Waals surface area contributed by atoms with Gasteiger partial charge in [-0.3, -0.25) is 0 Å². The molecule has 2 aromatic heterocycles. The van der Waals surface area contributed by atoms with Crippen molar-refractivity contribution in [2.45, 2.75) is 38.5 Å². The van der Waals surface area contributed by atoms with E-state index >= 15 is 0 Å². The van der Waals surface area contributed by atoms with Gasteiger partial charge in [-0.25, -0.2) is 4.98 Å². The molecule has 1 N–H and O–H groups in total. The SMILES string of the molecule is Cc1nc2ncnn2c(O)c1C1CCCC1. The lowest BCUT2D eigenvalue weighted by atomic mass is 9.97. The number of aromatic hydroxyl groups is 1. The molecule has 0 spiro atoms. The Balaban J connectivity index is 2.21. The van der Waals surface area contributed by atoms with Crippen LogP contribution in [-0.4, -0.2) is 24.7 Å². The minimum absolute atomic E-state index is 0.215. The molecule has 16 heavy (non-hydrogen) atoms. The Morgan fingerprint density at radius 2 is 2.12 bits per heavy atom. The maximum atomic E-state index is 10.2. The molecule has 5 heteroatoms. The molecule has 0 amide bonds. The van der Waals surface area contributed by atoms with Crippen molar-refractivity contribution in [1.29, 1.82) is 0 Å². The first kappa shape index (κ1) is 9.57. The molecule has 2 aromatic rings. The molecule has 1 aliphatic carbocycles. The fraction of sp³-hybridized carbons (Fsp3) is 0.545. The fourth-order valence-electron chi connectivity index (χ4n) is 2.64. The van der Waals surface area contributed by atoms with Gasteiger partial charge in [0.1, 0.15) is 6.33 Å². The summed E-state index contributed by atoms with van der Waals surface area (Å²) >= 11 is 0. The number of hydrogen-bond donors (Lipinski definition) is 1. The molecule has 2 heterocycles. The van der Waals surface area contributed by atoms with Crippen molar-refractivity contribution in [2.24, 2.45) is 0 Å². The normalized spacial score (nSPS) is 17.3. The molecule has 0 atom stereocenters. The van der Waals surface area contributed by atoms with E-state index in [4.69, 9.17) is 0 Å². The fourth-order valence-corrected chi connectivity index (χ4v) is 2.64. The van der Waals surface area contributed by atoms with Crippen LogP contribution in [0.1, 0.15) is 42.9 Å². The highest BCUT2D eigenvalue weighted by Crippen LogP contribution is 2.39. The standard InChI is InChI=1S/C11H14N4O/c1-7-9(8-4-2-3-5-8)10(16)15-11(14-7)12-6-13-15/h6,8,16H,2-5H2,1H3. The van der Waals surface area contributed by atoms with Gasteiger partial charge < -0.3 is 5.11 Å². The average Bonchev–Trinajstić information content (AvgIpc) is 2.87. The topological polar surface area (TPSA) is 63.3 Å². The lowest BCUT2D eigenvalue weighted by Crippen LogP contribution is -2.04. The molecule has 0 radical (unpaired) electrons. The Morgan fingerprint density at radius 3 is 2.88 bits per heavy atom. The average molecular weight is 218 g/mol. The van der Waals surface area contributed by atoms with E-state index in [-0.39, 0.29) is 5.88 Å². The zero-order valence-electron chi connectivity index (χ0n) is 9.22. The van der Waals surface area contributed by atoms with Gasteiger partial charge in [0.05, 0.1) is 5.69 Å². The molecular weight excluding hydrogens is 204 g/mol. The molecule has 0 saturated heterocycles.